The van der Waals surface area contributed by atoms with Crippen molar-refractivity contribution >= 4 is 17.5 Å². The molecule has 2 amide bonds. The van der Waals surface area contributed by atoms with Crippen LogP contribution in [0.15, 0.2) is 42.5 Å². The Morgan fingerprint density at radius 2 is 1.75 bits per heavy atom. The lowest BCUT2D eigenvalue weighted by molar-refractivity contribution is -0.117. The minimum absolute atomic E-state index is 0.0589. The number of nitrogens with one attached hydrogen (secondary N) is 1. The molecular weight excluding hydrogens is 354 g/mol. The highest BCUT2D eigenvalue weighted by molar-refractivity contribution is 5.95. The summed E-state index contributed by atoms with van der Waals surface area (Å²) in [4.78, 5) is 29.0. The van der Waals surface area contributed by atoms with E-state index >= 15 is 0 Å². The number of rotatable bonds is 5. The number of carbonyl (C=O) groups excluding carboxylic acids is 2. The highest BCUT2D eigenvalue weighted by Crippen LogP contribution is 2.17. The lowest BCUT2D eigenvalue weighted by Gasteiger charge is -2.34. The van der Waals surface area contributed by atoms with Crippen LogP contribution in [-0.4, -0.2) is 61.4 Å². The summed E-state index contributed by atoms with van der Waals surface area (Å²) in [5, 5.41) is 2.89. The van der Waals surface area contributed by atoms with Crippen molar-refractivity contribution in [3.05, 3.63) is 59.2 Å². The molecule has 2 aromatic rings. The van der Waals surface area contributed by atoms with Crippen molar-refractivity contribution in [1.29, 1.82) is 0 Å². The number of piperazine rings is 1. The highest BCUT2D eigenvalue weighted by atomic mass is 16.5. The van der Waals surface area contributed by atoms with E-state index in [0.717, 1.165) is 11.1 Å². The molecule has 0 unspecified atom stereocenters. The summed E-state index contributed by atoms with van der Waals surface area (Å²) in [5.41, 5.74) is 3.75. The summed E-state index contributed by atoms with van der Waals surface area (Å²) < 4.78 is 5.17. The Labute approximate surface area is 166 Å². The first-order valence-corrected chi connectivity index (χ1v) is 9.49. The maximum absolute atomic E-state index is 12.7. The number of hydrogen-bond donors (Lipinski definition) is 1. The molecule has 28 heavy (non-hydrogen) atoms. The third-order valence-corrected chi connectivity index (χ3v) is 5.13. The van der Waals surface area contributed by atoms with E-state index in [4.69, 9.17) is 4.74 Å². The first-order chi connectivity index (χ1) is 13.5. The van der Waals surface area contributed by atoms with Gasteiger partial charge in [-0.05, 0) is 49.2 Å². The lowest BCUT2D eigenvalue weighted by atomic mass is 10.1. The normalized spacial score (nSPS) is 14.6. The van der Waals surface area contributed by atoms with E-state index in [1.807, 2.05) is 55.1 Å². The molecule has 148 valence electrons. The van der Waals surface area contributed by atoms with Gasteiger partial charge in [0.2, 0.25) is 5.91 Å². The van der Waals surface area contributed by atoms with Gasteiger partial charge in [-0.15, -0.1) is 0 Å². The molecule has 1 aliphatic heterocycles. The zero-order valence-corrected chi connectivity index (χ0v) is 16.7. The lowest BCUT2D eigenvalue weighted by Crippen LogP contribution is -2.50. The number of hydrogen-bond acceptors (Lipinski definition) is 4. The number of anilines is 1. The second-order valence-electron chi connectivity index (χ2n) is 7.15. The Balaban J connectivity index is 1.50. The summed E-state index contributed by atoms with van der Waals surface area (Å²) in [6, 6.07) is 13.1. The van der Waals surface area contributed by atoms with E-state index < -0.39 is 0 Å². The number of carbonyl (C=O) groups is 2. The molecule has 0 spiro atoms. The molecule has 2 aromatic carbocycles. The van der Waals surface area contributed by atoms with Gasteiger partial charge in [-0.3, -0.25) is 14.5 Å². The maximum Gasteiger partial charge on any atom is 0.253 e. The summed E-state index contributed by atoms with van der Waals surface area (Å²) >= 11 is 0. The van der Waals surface area contributed by atoms with E-state index in [0.29, 0.717) is 44.2 Å². The van der Waals surface area contributed by atoms with Crippen LogP contribution < -0.4 is 10.1 Å². The van der Waals surface area contributed by atoms with Crippen LogP contribution in [-0.2, 0) is 4.79 Å². The van der Waals surface area contributed by atoms with Crippen molar-refractivity contribution in [3.8, 4) is 5.75 Å². The predicted molar refractivity (Wildman–Crippen MR) is 110 cm³/mol. The van der Waals surface area contributed by atoms with E-state index in [9.17, 15) is 9.59 Å². The van der Waals surface area contributed by atoms with Gasteiger partial charge >= 0.3 is 0 Å². The molecule has 0 aliphatic carbocycles. The topological polar surface area (TPSA) is 61.9 Å². The highest BCUT2D eigenvalue weighted by Gasteiger charge is 2.23. The Morgan fingerprint density at radius 3 is 2.43 bits per heavy atom. The Morgan fingerprint density at radius 1 is 1.00 bits per heavy atom. The van der Waals surface area contributed by atoms with Crippen LogP contribution in [0.3, 0.4) is 0 Å². The first kappa shape index (κ1) is 19.9. The average Bonchev–Trinajstić information content (AvgIpc) is 2.70. The van der Waals surface area contributed by atoms with Crippen LogP contribution in [0.5, 0.6) is 5.75 Å². The number of amides is 2. The van der Waals surface area contributed by atoms with Gasteiger partial charge < -0.3 is 15.0 Å². The summed E-state index contributed by atoms with van der Waals surface area (Å²) in [6.07, 6.45) is 0. The Bertz CT molecular complexity index is 858. The fourth-order valence-electron chi connectivity index (χ4n) is 3.27. The van der Waals surface area contributed by atoms with Gasteiger partial charge in [0.25, 0.3) is 5.91 Å². The molecular formula is C22H27N3O3. The number of methoxy groups -OCH3 is 1. The molecule has 1 fully saturated rings. The van der Waals surface area contributed by atoms with Gasteiger partial charge in [0.15, 0.2) is 0 Å². The van der Waals surface area contributed by atoms with Crippen molar-refractivity contribution in [1.82, 2.24) is 9.80 Å². The Hall–Kier alpha value is -2.86. The van der Waals surface area contributed by atoms with Gasteiger partial charge in [-0.25, -0.2) is 0 Å². The quantitative estimate of drug-likeness (QED) is 0.865. The van der Waals surface area contributed by atoms with Crippen LogP contribution in [0.1, 0.15) is 21.5 Å². The largest absolute Gasteiger partial charge is 0.497 e. The molecule has 0 bridgehead atoms. The number of ether oxygens (including phenoxy) is 1. The molecule has 0 atom stereocenters. The summed E-state index contributed by atoms with van der Waals surface area (Å²) in [6.45, 7) is 6.98. The van der Waals surface area contributed by atoms with Gasteiger partial charge in [0.1, 0.15) is 5.75 Å². The molecule has 6 heteroatoms. The second-order valence-corrected chi connectivity index (χ2v) is 7.15. The van der Waals surface area contributed by atoms with Crippen LogP contribution >= 0.6 is 0 Å². The number of benzene rings is 2. The van der Waals surface area contributed by atoms with Crippen molar-refractivity contribution in [2.24, 2.45) is 0 Å². The molecule has 0 aromatic heterocycles. The zero-order chi connectivity index (χ0) is 20.1. The van der Waals surface area contributed by atoms with Crippen LogP contribution in [0.4, 0.5) is 5.69 Å². The van der Waals surface area contributed by atoms with Crippen LogP contribution in [0.25, 0.3) is 0 Å². The van der Waals surface area contributed by atoms with E-state index in [-0.39, 0.29) is 11.8 Å². The molecule has 1 aliphatic rings. The van der Waals surface area contributed by atoms with E-state index in [2.05, 4.69) is 10.2 Å². The first-order valence-electron chi connectivity index (χ1n) is 9.49. The van der Waals surface area contributed by atoms with Crippen molar-refractivity contribution in [2.45, 2.75) is 13.8 Å². The maximum atomic E-state index is 12.7. The van der Waals surface area contributed by atoms with Crippen molar-refractivity contribution < 1.29 is 14.3 Å². The van der Waals surface area contributed by atoms with Crippen molar-refractivity contribution in [2.75, 3.05) is 45.2 Å². The van der Waals surface area contributed by atoms with Gasteiger partial charge in [0.05, 0.1) is 13.7 Å². The van der Waals surface area contributed by atoms with Crippen LogP contribution in [0, 0.1) is 13.8 Å². The van der Waals surface area contributed by atoms with E-state index in [1.54, 1.807) is 13.2 Å². The molecule has 1 heterocycles. The molecule has 1 saturated heterocycles. The van der Waals surface area contributed by atoms with Gasteiger partial charge in [-0.1, -0.05) is 12.1 Å². The fraction of sp³-hybridized carbons (Fsp3) is 0.364. The molecule has 3 rings (SSSR count). The van der Waals surface area contributed by atoms with Crippen LogP contribution in [0.2, 0.25) is 0 Å². The minimum Gasteiger partial charge on any atom is -0.497 e. The fourth-order valence-corrected chi connectivity index (χ4v) is 3.27. The standard InChI is InChI=1S/C22H27N3O3/c1-16-7-8-18(13-17(16)2)22(27)25-11-9-24(10-12-25)15-21(26)23-19-5-4-6-20(14-19)28-3/h4-8,13-14H,9-12,15H2,1-3H3,(H,23,26). The zero-order valence-electron chi connectivity index (χ0n) is 16.7. The second kappa shape index (κ2) is 8.89. The summed E-state index contributed by atoms with van der Waals surface area (Å²) in [5.74, 6) is 0.696. The number of aryl methyl sites for hydroxylation is 2. The molecule has 6 nitrogen and oxygen atoms in total. The van der Waals surface area contributed by atoms with E-state index in [1.165, 1.54) is 5.56 Å². The minimum atomic E-state index is -0.0674. The average molecular weight is 381 g/mol. The van der Waals surface area contributed by atoms with Crippen molar-refractivity contribution in [3.63, 3.8) is 0 Å². The molecule has 1 N–H and O–H groups in total. The Kier molecular flexibility index (Phi) is 6.31. The third-order valence-electron chi connectivity index (χ3n) is 5.13. The van der Waals surface area contributed by atoms with Gasteiger partial charge in [-0.2, -0.15) is 0 Å². The SMILES string of the molecule is COc1cccc(NC(=O)CN2CCN(C(=O)c3ccc(C)c(C)c3)CC2)c1. The third kappa shape index (κ3) is 4.89. The summed E-state index contributed by atoms with van der Waals surface area (Å²) in [7, 11) is 1.60. The molecule has 0 saturated carbocycles. The number of nitrogens with zero attached hydrogens (tertiary/aromatic N) is 2. The van der Waals surface area contributed by atoms with Gasteiger partial charge in [0, 0.05) is 43.5 Å². The smallest absolute Gasteiger partial charge is 0.253 e. The molecule has 0 radical (unpaired) electrons. The predicted octanol–water partition coefficient (Wildman–Crippen LogP) is 2.71. The monoisotopic (exact) mass is 381 g/mol.